The zero-order valence-electron chi connectivity index (χ0n) is 9.36. The molecule has 2 N–H and O–H groups in total. The highest BCUT2D eigenvalue weighted by atomic mass is 15.0. The van der Waals surface area contributed by atoms with E-state index in [4.69, 9.17) is 11.0 Å². The maximum atomic E-state index is 8.78. The van der Waals surface area contributed by atoms with Crippen LogP contribution in [0.1, 0.15) is 17.0 Å². The molecule has 0 aliphatic heterocycles. The van der Waals surface area contributed by atoms with Gasteiger partial charge in [0.25, 0.3) is 0 Å². The number of nitrogens with two attached hydrogens (primary N) is 1. The second-order valence-electron chi connectivity index (χ2n) is 3.84. The number of hydrogen-bond acceptors (Lipinski definition) is 2. The number of aryl methyl sites for hydroxylation is 2. The van der Waals surface area contributed by atoms with Crippen molar-refractivity contribution in [2.45, 2.75) is 13.8 Å². The Kier molecular flexibility index (Phi) is 2.41. The first-order valence-corrected chi connectivity index (χ1v) is 5.08. The van der Waals surface area contributed by atoms with Crippen LogP contribution < -0.4 is 5.73 Å². The SMILES string of the molecule is Cc1ccc(C)n1-c1ccc(C#N)cc1N. The van der Waals surface area contributed by atoms with Gasteiger partial charge < -0.3 is 10.3 Å². The molecule has 0 unspecified atom stereocenters. The Morgan fingerprint density at radius 2 is 1.75 bits per heavy atom. The van der Waals surface area contributed by atoms with Crippen LogP contribution in [-0.4, -0.2) is 4.57 Å². The van der Waals surface area contributed by atoms with Gasteiger partial charge in [0, 0.05) is 11.4 Å². The molecule has 0 saturated carbocycles. The molecule has 16 heavy (non-hydrogen) atoms. The van der Waals surface area contributed by atoms with E-state index in [1.807, 2.05) is 32.0 Å². The normalized spacial score (nSPS) is 10.1. The van der Waals surface area contributed by atoms with Gasteiger partial charge in [0.2, 0.25) is 0 Å². The van der Waals surface area contributed by atoms with Crippen molar-refractivity contribution in [1.29, 1.82) is 5.26 Å². The van der Waals surface area contributed by atoms with Crippen molar-refractivity contribution < 1.29 is 0 Å². The van der Waals surface area contributed by atoms with Gasteiger partial charge in [0.05, 0.1) is 23.0 Å². The highest BCUT2D eigenvalue weighted by Crippen LogP contribution is 2.22. The van der Waals surface area contributed by atoms with Crippen LogP contribution in [0.3, 0.4) is 0 Å². The van der Waals surface area contributed by atoms with Gasteiger partial charge >= 0.3 is 0 Å². The average Bonchev–Trinajstić information content (AvgIpc) is 2.59. The maximum absolute atomic E-state index is 8.78. The minimum absolute atomic E-state index is 0.587. The lowest BCUT2D eigenvalue weighted by Gasteiger charge is -2.12. The Labute approximate surface area is 94.7 Å². The number of rotatable bonds is 1. The molecule has 0 fully saturated rings. The molecule has 0 radical (unpaired) electrons. The lowest BCUT2D eigenvalue weighted by Crippen LogP contribution is -2.03. The molecule has 1 aromatic heterocycles. The topological polar surface area (TPSA) is 54.7 Å². The van der Waals surface area contributed by atoms with Crippen molar-refractivity contribution in [3.63, 3.8) is 0 Å². The molecule has 3 heteroatoms. The minimum Gasteiger partial charge on any atom is -0.397 e. The summed E-state index contributed by atoms with van der Waals surface area (Å²) in [5, 5.41) is 8.78. The highest BCUT2D eigenvalue weighted by Gasteiger charge is 2.07. The Hall–Kier alpha value is -2.21. The number of nitrogen functional groups attached to an aromatic ring is 1. The standard InChI is InChI=1S/C13H13N3/c1-9-3-4-10(2)16(9)13-6-5-11(8-14)7-12(13)15/h3-7H,15H2,1-2H3. The van der Waals surface area contributed by atoms with Gasteiger partial charge in [-0.15, -0.1) is 0 Å². The van der Waals surface area contributed by atoms with E-state index >= 15 is 0 Å². The Morgan fingerprint density at radius 1 is 1.12 bits per heavy atom. The molecule has 0 bridgehead atoms. The maximum Gasteiger partial charge on any atom is 0.0992 e. The molecule has 0 saturated heterocycles. The van der Waals surface area contributed by atoms with Gasteiger partial charge in [-0.3, -0.25) is 0 Å². The van der Waals surface area contributed by atoms with Crippen molar-refractivity contribution in [2.75, 3.05) is 5.73 Å². The molecule has 0 aliphatic carbocycles. The summed E-state index contributed by atoms with van der Waals surface area (Å²) in [5.41, 5.74) is 10.4. The largest absolute Gasteiger partial charge is 0.397 e. The van der Waals surface area contributed by atoms with Crippen molar-refractivity contribution in [1.82, 2.24) is 4.57 Å². The number of benzene rings is 1. The molecular formula is C13H13N3. The number of hydrogen-bond donors (Lipinski definition) is 1. The molecule has 2 aromatic rings. The molecule has 0 spiro atoms. The number of nitriles is 1. The van der Waals surface area contributed by atoms with Crippen molar-refractivity contribution in [3.8, 4) is 11.8 Å². The zero-order chi connectivity index (χ0) is 11.7. The average molecular weight is 211 g/mol. The quantitative estimate of drug-likeness (QED) is 0.737. The lowest BCUT2D eigenvalue weighted by molar-refractivity contribution is 0.968. The van der Waals surface area contributed by atoms with Crippen LogP contribution in [0.4, 0.5) is 5.69 Å². The van der Waals surface area contributed by atoms with E-state index in [-0.39, 0.29) is 0 Å². The second-order valence-corrected chi connectivity index (χ2v) is 3.84. The van der Waals surface area contributed by atoms with Crippen LogP contribution in [-0.2, 0) is 0 Å². The van der Waals surface area contributed by atoms with E-state index in [0.29, 0.717) is 11.3 Å². The third-order valence-corrected chi connectivity index (χ3v) is 2.67. The fraction of sp³-hybridized carbons (Fsp3) is 0.154. The highest BCUT2D eigenvalue weighted by molar-refractivity contribution is 5.62. The third-order valence-electron chi connectivity index (χ3n) is 2.67. The first-order valence-electron chi connectivity index (χ1n) is 5.08. The molecule has 80 valence electrons. The fourth-order valence-electron chi connectivity index (χ4n) is 1.88. The summed E-state index contributed by atoms with van der Waals surface area (Å²) < 4.78 is 2.08. The summed E-state index contributed by atoms with van der Waals surface area (Å²) in [6.07, 6.45) is 0. The summed E-state index contributed by atoms with van der Waals surface area (Å²) in [6, 6.07) is 11.5. The van der Waals surface area contributed by atoms with Gasteiger partial charge in [-0.1, -0.05) is 0 Å². The van der Waals surface area contributed by atoms with Crippen molar-refractivity contribution in [3.05, 3.63) is 47.3 Å². The number of nitrogens with zero attached hydrogens (tertiary/aromatic N) is 2. The van der Waals surface area contributed by atoms with E-state index in [2.05, 4.69) is 10.6 Å². The molecule has 0 amide bonds. The van der Waals surface area contributed by atoms with E-state index < -0.39 is 0 Å². The molecule has 2 rings (SSSR count). The fourth-order valence-corrected chi connectivity index (χ4v) is 1.88. The van der Waals surface area contributed by atoms with E-state index in [9.17, 15) is 0 Å². The summed E-state index contributed by atoms with van der Waals surface area (Å²) in [7, 11) is 0. The molecular weight excluding hydrogens is 198 g/mol. The predicted molar refractivity (Wildman–Crippen MR) is 64.4 cm³/mol. The summed E-state index contributed by atoms with van der Waals surface area (Å²) in [6.45, 7) is 4.06. The zero-order valence-corrected chi connectivity index (χ0v) is 9.36. The van der Waals surface area contributed by atoms with Gasteiger partial charge in [-0.2, -0.15) is 5.26 Å². The third kappa shape index (κ3) is 1.55. The van der Waals surface area contributed by atoms with Gasteiger partial charge in [-0.25, -0.2) is 0 Å². The van der Waals surface area contributed by atoms with Crippen LogP contribution in [0.2, 0.25) is 0 Å². The Morgan fingerprint density at radius 3 is 2.25 bits per heavy atom. The van der Waals surface area contributed by atoms with Crippen LogP contribution in [0, 0.1) is 25.2 Å². The van der Waals surface area contributed by atoms with E-state index in [0.717, 1.165) is 17.1 Å². The molecule has 1 heterocycles. The second kappa shape index (κ2) is 3.74. The lowest BCUT2D eigenvalue weighted by atomic mass is 10.2. The monoisotopic (exact) mass is 211 g/mol. The minimum atomic E-state index is 0.587. The van der Waals surface area contributed by atoms with Gasteiger partial charge in [0.1, 0.15) is 0 Å². The van der Waals surface area contributed by atoms with Crippen molar-refractivity contribution >= 4 is 5.69 Å². The van der Waals surface area contributed by atoms with Crippen LogP contribution in [0.25, 0.3) is 5.69 Å². The number of anilines is 1. The molecule has 3 nitrogen and oxygen atoms in total. The van der Waals surface area contributed by atoms with E-state index in [1.54, 1.807) is 12.1 Å². The van der Waals surface area contributed by atoms with Crippen LogP contribution in [0.15, 0.2) is 30.3 Å². The Balaban J connectivity index is 2.62. The van der Waals surface area contributed by atoms with E-state index in [1.165, 1.54) is 0 Å². The number of aromatic nitrogens is 1. The molecule has 1 aromatic carbocycles. The summed E-state index contributed by atoms with van der Waals surface area (Å²) >= 11 is 0. The smallest absolute Gasteiger partial charge is 0.0992 e. The van der Waals surface area contributed by atoms with Gasteiger partial charge in [0.15, 0.2) is 0 Å². The summed E-state index contributed by atoms with van der Waals surface area (Å²) in [5.74, 6) is 0. The molecule has 0 aliphatic rings. The first kappa shape index (κ1) is 10.3. The van der Waals surface area contributed by atoms with Crippen molar-refractivity contribution in [2.24, 2.45) is 0 Å². The molecule has 0 atom stereocenters. The Bertz CT molecular complexity index is 554. The predicted octanol–water partition coefficient (Wildman–Crippen LogP) is 2.55. The van der Waals surface area contributed by atoms with Crippen LogP contribution in [0.5, 0.6) is 0 Å². The first-order chi connectivity index (χ1) is 7.63. The van der Waals surface area contributed by atoms with Crippen LogP contribution >= 0.6 is 0 Å². The van der Waals surface area contributed by atoms with Gasteiger partial charge in [-0.05, 0) is 44.2 Å². The summed E-state index contributed by atoms with van der Waals surface area (Å²) in [4.78, 5) is 0.